The van der Waals surface area contributed by atoms with E-state index in [0.29, 0.717) is 0 Å². The molecule has 1 aromatic carbocycles. The fraction of sp³-hybridized carbons (Fsp3) is 0.600. The summed E-state index contributed by atoms with van der Waals surface area (Å²) >= 11 is 0. The van der Waals surface area contributed by atoms with Gasteiger partial charge >= 0.3 is 17.9 Å². The van der Waals surface area contributed by atoms with Crippen molar-refractivity contribution < 1.29 is 60.0 Å². The van der Waals surface area contributed by atoms with Gasteiger partial charge < -0.3 is 40.9 Å². The van der Waals surface area contributed by atoms with E-state index in [1.807, 2.05) is 0 Å². The van der Waals surface area contributed by atoms with Gasteiger partial charge in [-0.15, -0.1) is 0 Å². The van der Waals surface area contributed by atoms with Gasteiger partial charge in [-0.1, -0.05) is 38.5 Å². The predicted molar refractivity (Wildman–Crippen MR) is 131 cm³/mol. The first kappa shape index (κ1) is 33.3. The standard InChI is InChI=1S/C6H6O4.3C6H10O2.CH2O2/c7-3-1-2-4(8)6(10)5(3)9;3*7-6(8)5-3-1-2-4-5;2-1-3/h1-2,7-10H;3*5H,1-4H2,(H,7,8);1H,(H,2,3). The van der Waals surface area contributed by atoms with Crippen LogP contribution in [-0.4, -0.2) is 65.2 Å². The smallest absolute Gasteiger partial charge is 0.306 e. The van der Waals surface area contributed by atoms with Gasteiger partial charge in [0, 0.05) is 0 Å². The minimum atomic E-state index is -0.708. The summed E-state index contributed by atoms with van der Waals surface area (Å²) < 4.78 is 0. The van der Waals surface area contributed by atoms with Crippen molar-refractivity contribution in [2.24, 2.45) is 17.8 Å². The van der Waals surface area contributed by atoms with Gasteiger partial charge in [0.05, 0.1) is 17.8 Å². The first-order valence-electron chi connectivity index (χ1n) is 12.1. The molecule has 0 atom stereocenters. The molecule has 0 spiro atoms. The van der Waals surface area contributed by atoms with E-state index >= 15 is 0 Å². The van der Waals surface area contributed by atoms with Crippen molar-refractivity contribution in [3.05, 3.63) is 12.1 Å². The Balaban J connectivity index is 0.000000452. The molecule has 0 saturated heterocycles. The van der Waals surface area contributed by atoms with Crippen LogP contribution in [-0.2, 0) is 19.2 Å². The highest BCUT2D eigenvalue weighted by atomic mass is 16.4. The lowest BCUT2D eigenvalue weighted by atomic mass is 10.1. The summed E-state index contributed by atoms with van der Waals surface area (Å²) in [6.45, 7) is -0.250. The highest BCUT2D eigenvalue weighted by molar-refractivity contribution is 5.70. The topological polar surface area (TPSA) is 230 Å². The van der Waals surface area contributed by atoms with Crippen molar-refractivity contribution in [2.75, 3.05) is 0 Å². The zero-order chi connectivity index (χ0) is 28.4. The van der Waals surface area contributed by atoms with Crippen molar-refractivity contribution in [3.8, 4) is 23.0 Å². The lowest BCUT2D eigenvalue weighted by Crippen LogP contribution is -2.07. The lowest BCUT2D eigenvalue weighted by molar-refractivity contribution is -0.142. The number of carbonyl (C=O) groups is 4. The third kappa shape index (κ3) is 13.8. The highest BCUT2D eigenvalue weighted by Gasteiger charge is 2.22. The predicted octanol–water partition coefficient (Wildman–Crippen LogP) is 3.99. The fourth-order valence-corrected chi connectivity index (χ4v) is 4.08. The lowest BCUT2D eigenvalue weighted by Gasteiger charge is -2.00. The minimum absolute atomic E-state index is 0.0185. The Morgan fingerprint density at radius 2 is 0.757 bits per heavy atom. The second-order valence-electron chi connectivity index (χ2n) is 8.87. The average Bonchev–Trinajstić information content (AvgIpc) is 3.65. The molecule has 12 heteroatoms. The molecule has 3 saturated carbocycles. The van der Waals surface area contributed by atoms with Crippen LogP contribution in [0.5, 0.6) is 23.0 Å². The van der Waals surface area contributed by atoms with Gasteiger partial charge in [0.15, 0.2) is 11.5 Å². The number of aromatic hydroxyl groups is 4. The molecular weight excluding hydrogens is 492 g/mol. The maximum atomic E-state index is 10.2. The first-order chi connectivity index (χ1) is 17.5. The van der Waals surface area contributed by atoms with Crippen molar-refractivity contribution in [2.45, 2.75) is 77.0 Å². The minimum Gasteiger partial charge on any atom is -0.504 e. The van der Waals surface area contributed by atoms with Crippen LogP contribution >= 0.6 is 0 Å². The summed E-state index contributed by atoms with van der Waals surface area (Å²) in [6.07, 6.45) is 12.0. The Morgan fingerprint density at radius 3 is 0.892 bits per heavy atom. The highest BCUT2D eigenvalue weighted by Crippen LogP contribution is 2.40. The maximum Gasteiger partial charge on any atom is 0.306 e. The zero-order valence-corrected chi connectivity index (χ0v) is 20.7. The number of rotatable bonds is 3. The van der Waals surface area contributed by atoms with Crippen molar-refractivity contribution in [3.63, 3.8) is 0 Å². The third-order valence-corrected chi connectivity index (χ3v) is 6.22. The van der Waals surface area contributed by atoms with Gasteiger partial charge in [-0.25, -0.2) is 0 Å². The van der Waals surface area contributed by atoms with Gasteiger partial charge in [0.1, 0.15) is 0 Å². The Labute approximate surface area is 214 Å². The van der Waals surface area contributed by atoms with Gasteiger partial charge in [-0.05, 0) is 50.7 Å². The Morgan fingerprint density at radius 1 is 0.568 bits per heavy atom. The summed E-state index contributed by atoms with van der Waals surface area (Å²) in [5.41, 5.74) is 0. The van der Waals surface area contributed by atoms with E-state index in [0.717, 1.165) is 89.2 Å². The molecule has 3 aliphatic carbocycles. The van der Waals surface area contributed by atoms with Crippen LogP contribution in [0.4, 0.5) is 0 Å². The fourth-order valence-electron chi connectivity index (χ4n) is 4.08. The number of carboxylic acid groups (broad SMARTS) is 4. The number of phenolic OH excluding ortho intramolecular Hbond substituents is 4. The summed E-state index contributed by atoms with van der Waals surface area (Å²) in [5.74, 6) is -4.22. The molecule has 0 amide bonds. The van der Waals surface area contributed by atoms with E-state index < -0.39 is 40.9 Å². The van der Waals surface area contributed by atoms with Crippen LogP contribution in [0.3, 0.4) is 0 Å². The van der Waals surface area contributed by atoms with Gasteiger partial charge in [-0.3, -0.25) is 19.2 Å². The molecular formula is C25H38O12. The average molecular weight is 531 g/mol. The second-order valence-corrected chi connectivity index (χ2v) is 8.87. The summed E-state index contributed by atoms with van der Waals surface area (Å²) in [6, 6.07) is 2.15. The van der Waals surface area contributed by atoms with Crippen LogP contribution in [0, 0.1) is 17.8 Å². The molecule has 37 heavy (non-hydrogen) atoms. The molecule has 0 aromatic heterocycles. The van der Waals surface area contributed by atoms with E-state index in [2.05, 4.69) is 0 Å². The number of carboxylic acids is 3. The van der Waals surface area contributed by atoms with E-state index in [1.165, 1.54) is 0 Å². The Kier molecular flexibility index (Phi) is 16.7. The normalized spacial score (nSPS) is 16.9. The summed E-state index contributed by atoms with van der Waals surface area (Å²) in [5, 5.41) is 67.0. The molecule has 0 aliphatic heterocycles. The molecule has 3 fully saturated rings. The van der Waals surface area contributed by atoms with Crippen molar-refractivity contribution in [1.29, 1.82) is 0 Å². The van der Waals surface area contributed by atoms with E-state index in [-0.39, 0.29) is 24.2 Å². The molecule has 1 aromatic rings. The number of phenols is 4. The van der Waals surface area contributed by atoms with Gasteiger partial charge in [-0.2, -0.15) is 0 Å². The number of hydrogen-bond donors (Lipinski definition) is 8. The number of hydrogen-bond acceptors (Lipinski definition) is 8. The van der Waals surface area contributed by atoms with Crippen LogP contribution < -0.4 is 0 Å². The van der Waals surface area contributed by atoms with Crippen LogP contribution in [0.1, 0.15) is 77.0 Å². The third-order valence-electron chi connectivity index (χ3n) is 6.22. The van der Waals surface area contributed by atoms with Gasteiger partial charge in [0.25, 0.3) is 6.47 Å². The Hall–Kier alpha value is -3.70. The molecule has 0 unspecified atom stereocenters. The zero-order valence-electron chi connectivity index (χ0n) is 20.7. The molecule has 4 rings (SSSR count). The van der Waals surface area contributed by atoms with Crippen molar-refractivity contribution >= 4 is 24.4 Å². The molecule has 0 radical (unpaired) electrons. The number of aliphatic carboxylic acids is 3. The SMILES string of the molecule is O=C(O)C1CCCC1.O=C(O)C1CCCC1.O=C(O)C1CCCC1.O=CO.Oc1ccc(O)c(O)c1O. The van der Waals surface area contributed by atoms with Crippen LogP contribution in [0.2, 0.25) is 0 Å². The molecule has 3 aliphatic rings. The second kappa shape index (κ2) is 18.6. The monoisotopic (exact) mass is 530 g/mol. The van der Waals surface area contributed by atoms with Crippen LogP contribution in [0.15, 0.2) is 12.1 Å². The molecule has 0 bridgehead atoms. The summed E-state index contributed by atoms with van der Waals surface area (Å²) in [4.78, 5) is 39.0. The first-order valence-corrected chi connectivity index (χ1v) is 12.1. The quantitative estimate of drug-likeness (QED) is 0.157. The van der Waals surface area contributed by atoms with Gasteiger partial charge in [0.2, 0.25) is 11.5 Å². The largest absolute Gasteiger partial charge is 0.504 e. The van der Waals surface area contributed by atoms with Crippen LogP contribution in [0.25, 0.3) is 0 Å². The molecule has 8 N–H and O–H groups in total. The van der Waals surface area contributed by atoms with E-state index in [9.17, 15) is 14.4 Å². The summed E-state index contributed by atoms with van der Waals surface area (Å²) in [7, 11) is 0. The molecule has 12 nitrogen and oxygen atoms in total. The maximum absolute atomic E-state index is 10.2. The van der Waals surface area contributed by atoms with Crippen molar-refractivity contribution in [1.82, 2.24) is 0 Å². The van der Waals surface area contributed by atoms with E-state index in [4.69, 9.17) is 45.6 Å². The van der Waals surface area contributed by atoms with E-state index in [1.54, 1.807) is 0 Å². The molecule has 0 heterocycles. The number of benzene rings is 1. The Bertz CT molecular complexity index is 748. The molecule has 210 valence electrons.